The van der Waals surface area contributed by atoms with Crippen molar-refractivity contribution in [3.63, 3.8) is 0 Å². The molecule has 94 valence electrons. The van der Waals surface area contributed by atoms with E-state index in [0.29, 0.717) is 11.6 Å². The standard InChI is InChI=1S/C14H28N2/c1-4-9-15-13(12-7-8-12)14(2,3)16-10-5-6-11-16/h12-13,15H,4-11H2,1-3H3. The molecule has 1 aliphatic heterocycles. The predicted octanol–water partition coefficient (Wildman–Crippen LogP) is 2.64. The van der Waals surface area contributed by atoms with Crippen LogP contribution in [-0.2, 0) is 0 Å². The van der Waals surface area contributed by atoms with Gasteiger partial charge >= 0.3 is 0 Å². The van der Waals surface area contributed by atoms with Gasteiger partial charge in [-0.05, 0) is 71.5 Å². The van der Waals surface area contributed by atoms with E-state index < -0.39 is 0 Å². The number of hydrogen-bond acceptors (Lipinski definition) is 2. The van der Waals surface area contributed by atoms with E-state index in [1.165, 1.54) is 51.7 Å². The number of nitrogens with one attached hydrogen (secondary N) is 1. The molecular weight excluding hydrogens is 196 g/mol. The highest BCUT2D eigenvalue weighted by Gasteiger charge is 2.44. The first-order valence-corrected chi connectivity index (χ1v) is 7.14. The molecule has 16 heavy (non-hydrogen) atoms. The van der Waals surface area contributed by atoms with Crippen molar-refractivity contribution in [3.8, 4) is 0 Å². The molecular formula is C14H28N2. The van der Waals surface area contributed by atoms with Crippen LogP contribution in [0.15, 0.2) is 0 Å². The van der Waals surface area contributed by atoms with Crippen molar-refractivity contribution in [2.75, 3.05) is 19.6 Å². The molecule has 2 rings (SSSR count). The maximum atomic E-state index is 3.81. The van der Waals surface area contributed by atoms with Gasteiger partial charge in [0.1, 0.15) is 0 Å². The van der Waals surface area contributed by atoms with E-state index in [4.69, 9.17) is 0 Å². The van der Waals surface area contributed by atoms with Crippen molar-refractivity contribution >= 4 is 0 Å². The van der Waals surface area contributed by atoms with Crippen LogP contribution in [0.1, 0.15) is 52.9 Å². The van der Waals surface area contributed by atoms with Crippen LogP contribution in [0, 0.1) is 5.92 Å². The maximum Gasteiger partial charge on any atom is 0.0308 e. The molecule has 2 fully saturated rings. The summed E-state index contributed by atoms with van der Waals surface area (Å²) in [7, 11) is 0. The number of rotatable bonds is 6. The average Bonchev–Trinajstić information content (AvgIpc) is 2.92. The third-order valence-corrected chi connectivity index (χ3v) is 4.39. The van der Waals surface area contributed by atoms with E-state index in [1.54, 1.807) is 0 Å². The molecule has 2 nitrogen and oxygen atoms in total. The molecule has 2 heteroatoms. The van der Waals surface area contributed by atoms with Crippen molar-refractivity contribution in [2.24, 2.45) is 5.92 Å². The molecule has 0 aromatic carbocycles. The van der Waals surface area contributed by atoms with Gasteiger partial charge in [-0.2, -0.15) is 0 Å². The third kappa shape index (κ3) is 2.60. The van der Waals surface area contributed by atoms with Crippen LogP contribution in [-0.4, -0.2) is 36.1 Å². The molecule has 0 spiro atoms. The van der Waals surface area contributed by atoms with Gasteiger partial charge < -0.3 is 5.32 Å². The van der Waals surface area contributed by atoms with Crippen LogP contribution in [0.25, 0.3) is 0 Å². The molecule has 0 bridgehead atoms. The van der Waals surface area contributed by atoms with E-state index in [1.807, 2.05) is 0 Å². The summed E-state index contributed by atoms with van der Waals surface area (Å²) in [5.74, 6) is 0.946. The minimum absolute atomic E-state index is 0.354. The molecule has 1 aliphatic carbocycles. The summed E-state index contributed by atoms with van der Waals surface area (Å²) in [6, 6.07) is 0.713. The third-order valence-electron chi connectivity index (χ3n) is 4.39. The summed E-state index contributed by atoms with van der Waals surface area (Å²) < 4.78 is 0. The van der Waals surface area contributed by atoms with Crippen molar-refractivity contribution in [1.82, 2.24) is 10.2 Å². The molecule has 0 amide bonds. The van der Waals surface area contributed by atoms with Gasteiger partial charge in [0.25, 0.3) is 0 Å². The van der Waals surface area contributed by atoms with Crippen molar-refractivity contribution < 1.29 is 0 Å². The lowest BCUT2D eigenvalue weighted by Crippen LogP contribution is -2.58. The van der Waals surface area contributed by atoms with Crippen LogP contribution in [0.3, 0.4) is 0 Å². The quantitative estimate of drug-likeness (QED) is 0.746. The zero-order valence-electron chi connectivity index (χ0n) is 11.3. The maximum absolute atomic E-state index is 3.81. The molecule has 1 atom stereocenters. The van der Waals surface area contributed by atoms with Gasteiger partial charge in [-0.25, -0.2) is 0 Å². The number of nitrogens with zero attached hydrogens (tertiary/aromatic N) is 1. The Morgan fingerprint density at radius 2 is 1.88 bits per heavy atom. The zero-order valence-corrected chi connectivity index (χ0v) is 11.3. The van der Waals surface area contributed by atoms with E-state index in [0.717, 1.165) is 5.92 Å². The molecule has 1 heterocycles. The Balaban J connectivity index is 1.98. The second-order valence-electron chi connectivity index (χ2n) is 6.12. The fourth-order valence-corrected chi connectivity index (χ4v) is 3.21. The normalized spacial score (nSPS) is 24.9. The molecule has 1 unspecified atom stereocenters. The van der Waals surface area contributed by atoms with Crippen molar-refractivity contribution in [1.29, 1.82) is 0 Å². The predicted molar refractivity (Wildman–Crippen MR) is 69.7 cm³/mol. The summed E-state index contributed by atoms with van der Waals surface area (Å²) in [6.07, 6.45) is 6.93. The summed E-state index contributed by atoms with van der Waals surface area (Å²) in [4.78, 5) is 2.71. The van der Waals surface area contributed by atoms with Crippen LogP contribution >= 0.6 is 0 Å². The second kappa shape index (κ2) is 5.05. The molecule has 0 radical (unpaired) electrons. The summed E-state index contributed by atoms with van der Waals surface area (Å²) >= 11 is 0. The highest BCUT2D eigenvalue weighted by Crippen LogP contribution is 2.40. The zero-order chi connectivity index (χ0) is 11.6. The minimum Gasteiger partial charge on any atom is -0.312 e. The molecule has 0 aromatic rings. The topological polar surface area (TPSA) is 15.3 Å². The fraction of sp³-hybridized carbons (Fsp3) is 1.00. The Labute approximate surface area is 101 Å². The average molecular weight is 224 g/mol. The number of likely N-dealkylation sites (tertiary alicyclic amines) is 1. The van der Waals surface area contributed by atoms with Gasteiger partial charge in [0, 0.05) is 11.6 Å². The van der Waals surface area contributed by atoms with Gasteiger partial charge in [0.15, 0.2) is 0 Å². The van der Waals surface area contributed by atoms with Gasteiger partial charge in [0.05, 0.1) is 0 Å². The van der Waals surface area contributed by atoms with Gasteiger partial charge in [-0.1, -0.05) is 6.92 Å². The monoisotopic (exact) mass is 224 g/mol. The van der Waals surface area contributed by atoms with Crippen molar-refractivity contribution in [2.45, 2.75) is 64.5 Å². The molecule has 1 saturated carbocycles. The first-order chi connectivity index (χ1) is 7.66. The van der Waals surface area contributed by atoms with Crippen LogP contribution in [0.4, 0.5) is 0 Å². The van der Waals surface area contributed by atoms with Gasteiger partial charge in [-0.15, -0.1) is 0 Å². The highest BCUT2D eigenvalue weighted by molar-refractivity contribution is 5.02. The largest absolute Gasteiger partial charge is 0.312 e. The smallest absolute Gasteiger partial charge is 0.0308 e. The molecule has 1 N–H and O–H groups in total. The molecule has 1 saturated heterocycles. The van der Waals surface area contributed by atoms with Crippen LogP contribution < -0.4 is 5.32 Å². The lowest BCUT2D eigenvalue weighted by Gasteiger charge is -2.43. The Bertz CT molecular complexity index is 215. The number of hydrogen-bond donors (Lipinski definition) is 1. The SMILES string of the molecule is CCCNC(C1CC1)C(C)(C)N1CCCC1. The van der Waals surface area contributed by atoms with E-state index in [2.05, 4.69) is 31.0 Å². The van der Waals surface area contributed by atoms with E-state index in [9.17, 15) is 0 Å². The van der Waals surface area contributed by atoms with Gasteiger partial charge in [0.2, 0.25) is 0 Å². The van der Waals surface area contributed by atoms with Crippen LogP contribution in [0.2, 0.25) is 0 Å². The summed E-state index contributed by atoms with van der Waals surface area (Å²) in [5, 5.41) is 3.81. The first-order valence-electron chi connectivity index (χ1n) is 7.14. The Hall–Kier alpha value is -0.0800. The Kier molecular flexibility index (Phi) is 3.91. The highest BCUT2D eigenvalue weighted by atomic mass is 15.2. The Morgan fingerprint density at radius 3 is 2.38 bits per heavy atom. The van der Waals surface area contributed by atoms with Crippen molar-refractivity contribution in [3.05, 3.63) is 0 Å². The van der Waals surface area contributed by atoms with Crippen LogP contribution in [0.5, 0.6) is 0 Å². The summed E-state index contributed by atoms with van der Waals surface area (Å²) in [5.41, 5.74) is 0.354. The van der Waals surface area contributed by atoms with Gasteiger partial charge in [-0.3, -0.25) is 4.90 Å². The van der Waals surface area contributed by atoms with E-state index >= 15 is 0 Å². The summed E-state index contributed by atoms with van der Waals surface area (Å²) in [6.45, 7) is 11.0. The Morgan fingerprint density at radius 1 is 1.25 bits per heavy atom. The first kappa shape index (κ1) is 12.4. The molecule has 2 aliphatic rings. The molecule has 0 aromatic heterocycles. The lowest BCUT2D eigenvalue weighted by molar-refractivity contribution is 0.0964. The second-order valence-corrected chi connectivity index (χ2v) is 6.12. The lowest BCUT2D eigenvalue weighted by atomic mass is 9.88. The van der Waals surface area contributed by atoms with E-state index in [-0.39, 0.29) is 0 Å². The fourth-order valence-electron chi connectivity index (χ4n) is 3.21. The minimum atomic E-state index is 0.354.